The number of nitrogens with two attached hydrogens (primary N) is 3. The number of alkyl halides is 6. The van der Waals surface area contributed by atoms with Crippen molar-refractivity contribution >= 4 is 65.2 Å². The molecule has 0 aromatic heterocycles. The molecular formula is C39H63F6N11O14. The molecule has 0 aliphatic heterocycles. The van der Waals surface area contributed by atoms with Gasteiger partial charge in [0.15, 0.2) is 12.0 Å². The molecule has 0 heterocycles. The molecule has 0 radical (unpaired) electrons. The van der Waals surface area contributed by atoms with E-state index in [4.69, 9.17) is 22.3 Å². The number of aliphatic hydroxyl groups excluding tert-OH is 1. The number of aliphatic hydroxyl groups is 1. The first-order chi connectivity index (χ1) is 32.1. The van der Waals surface area contributed by atoms with Crippen LogP contribution in [0.15, 0.2) is 4.99 Å². The molecule has 0 fully saturated rings. The summed E-state index contributed by atoms with van der Waals surface area (Å²) in [4.78, 5) is 131. The lowest BCUT2D eigenvalue weighted by atomic mass is 9.96. The molecule has 25 nitrogen and oxygen atoms in total. The van der Waals surface area contributed by atoms with E-state index in [2.05, 4.69) is 35.7 Å². The van der Waals surface area contributed by atoms with Crippen LogP contribution in [0.5, 0.6) is 0 Å². The Morgan fingerprint density at radius 1 is 0.657 bits per heavy atom. The smallest absolute Gasteiger partial charge is 0.480 e. The Balaban J connectivity index is 6.52. The lowest BCUT2D eigenvalue weighted by Gasteiger charge is -2.30. The number of aliphatic imine (C=N–C) groups is 1. The zero-order valence-corrected chi connectivity index (χ0v) is 39.2. The second kappa shape index (κ2) is 29.5. The third-order valence-corrected chi connectivity index (χ3v) is 9.75. The van der Waals surface area contributed by atoms with Crippen LogP contribution in [-0.2, 0) is 57.4 Å². The largest absolute Gasteiger partial charge is 0.490 e. The van der Waals surface area contributed by atoms with E-state index in [9.17, 15) is 79.4 Å². The van der Waals surface area contributed by atoms with Gasteiger partial charge < -0.3 is 74.1 Å². The van der Waals surface area contributed by atoms with Gasteiger partial charge in [-0.15, -0.1) is 0 Å². The van der Waals surface area contributed by atoms with Crippen LogP contribution in [0.1, 0.15) is 74.1 Å². The normalized spacial score (nSPS) is 15.4. The average Bonchev–Trinajstić information content (AvgIpc) is 3.25. The van der Waals surface area contributed by atoms with Crippen LogP contribution >= 0.6 is 0 Å². The van der Waals surface area contributed by atoms with Gasteiger partial charge in [-0.25, -0.2) is 14.4 Å². The Morgan fingerprint density at radius 2 is 1.19 bits per heavy atom. The second-order valence-corrected chi connectivity index (χ2v) is 16.5. The van der Waals surface area contributed by atoms with Crippen molar-refractivity contribution in [3.05, 3.63) is 0 Å². The molecule has 0 spiro atoms. The summed E-state index contributed by atoms with van der Waals surface area (Å²) < 4.78 is 85.0. The van der Waals surface area contributed by atoms with Crippen LogP contribution in [0.25, 0.3) is 0 Å². The first-order valence-electron chi connectivity index (χ1n) is 21.4. The highest BCUT2D eigenvalue weighted by atomic mass is 19.4. The number of carboxylic acids is 1. The number of nitrogens with zero attached hydrogens (tertiary/aromatic N) is 1. The maximum Gasteiger partial charge on any atom is 0.490 e. The van der Waals surface area contributed by atoms with Crippen molar-refractivity contribution in [2.45, 2.75) is 135 Å². The van der Waals surface area contributed by atoms with Crippen molar-refractivity contribution in [2.75, 3.05) is 26.2 Å². The van der Waals surface area contributed by atoms with Gasteiger partial charge in [0.2, 0.25) is 41.4 Å². The molecule has 0 saturated heterocycles. The van der Waals surface area contributed by atoms with Gasteiger partial charge in [-0.3, -0.25) is 38.6 Å². The maximum absolute atomic E-state index is 14.0. The summed E-state index contributed by atoms with van der Waals surface area (Å²) in [7, 11) is 0. The van der Waals surface area contributed by atoms with Crippen LogP contribution in [0.2, 0.25) is 0 Å². The first-order valence-corrected chi connectivity index (χ1v) is 21.4. The fourth-order valence-corrected chi connectivity index (χ4v) is 5.66. The molecule has 0 saturated carbocycles. The topological polar surface area (TPSA) is 404 Å². The van der Waals surface area contributed by atoms with Crippen LogP contribution in [0.3, 0.4) is 0 Å². The van der Waals surface area contributed by atoms with Gasteiger partial charge in [0.25, 0.3) is 0 Å². The van der Waals surface area contributed by atoms with Crippen LogP contribution in [0.4, 0.5) is 26.3 Å². The molecule has 0 aliphatic rings. The summed E-state index contributed by atoms with van der Waals surface area (Å²) in [5.74, 6) is -17.5. The Hall–Kier alpha value is -6.53. The van der Waals surface area contributed by atoms with E-state index in [0.717, 1.165) is 6.92 Å². The van der Waals surface area contributed by atoms with E-state index >= 15 is 0 Å². The third-order valence-electron chi connectivity index (χ3n) is 9.75. The summed E-state index contributed by atoms with van der Waals surface area (Å²) in [6.07, 6.45) is -14.6. The Bertz CT molecular complexity index is 1870. The number of hydrogen-bond donors (Lipinski definition) is 12. The van der Waals surface area contributed by atoms with Gasteiger partial charge in [-0.1, -0.05) is 48.0 Å². The fourth-order valence-electron chi connectivity index (χ4n) is 5.66. The number of carbonyl (C=O) groups excluding carboxylic acids is 9. The van der Waals surface area contributed by atoms with Gasteiger partial charge in [0.1, 0.15) is 42.9 Å². The molecule has 15 N–H and O–H groups in total. The molecule has 0 aromatic carbocycles. The number of rotatable bonds is 29. The minimum Gasteiger partial charge on any atom is -0.480 e. The SMILES string of the molecule is CC[C@H](C)[C@H](NC(=O)[C@@H](CCCN=C(N)N)NC(=O)[C@H](CC(C)C)NC(=O)[C@@H](N)[C@H](O)C(C)C)C(=O)N[C@H](C(=O)NCC(=O)NCC(=O)N[C@@H](COC(=O)C(F)(F)F)C(=O)O)[C@H](C)OC(=O)C(F)(F)F. The van der Waals surface area contributed by atoms with Crippen molar-refractivity contribution in [2.24, 2.45) is 39.9 Å². The number of guanidine groups is 1. The second-order valence-electron chi connectivity index (χ2n) is 16.5. The molecule has 400 valence electrons. The summed E-state index contributed by atoms with van der Waals surface area (Å²) in [5.41, 5.74) is 16.7. The van der Waals surface area contributed by atoms with Gasteiger partial charge in [-0.05, 0) is 43.9 Å². The number of hydrogen-bond acceptors (Lipinski definition) is 15. The lowest BCUT2D eigenvalue weighted by Crippen LogP contribution is -2.62. The monoisotopic (exact) mass is 1020 g/mol. The zero-order chi connectivity index (χ0) is 54.4. The van der Waals surface area contributed by atoms with Crippen LogP contribution in [0, 0.1) is 17.8 Å². The fraction of sp³-hybridized carbons (Fsp3) is 0.718. The van der Waals surface area contributed by atoms with Crippen molar-refractivity contribution in [3.8, 4) is 0 Å². The predicted octanol–water partition coefficient (Wildman–Crippen LogP) is -3.18. The molecule has 0 aliphatic carbocycles. The number of ether oxygens (including phenoxy) is 2. The van der Waals surface area contributed by atoms with Crippen molar-refractivity contribution in [1.82, 2.24) is 37.2 Å². The molecule has 0 aromatic rings. The highest BCUT2D eigenvalue weighted by molar-refractivity contribution is 5.97. The summed E-state index contributed by atoms with van der Waals surface area (Å²) in [6.45, 7) is 6.67. The van der Waals surface area contributed by atoms with Crippen LogP contribution in [-0.4, -0.2) is 162 Å². The third kappa shape index (κ3) is 23.7. The highest BCUT2D eigenvalue weighted by Gasteiger charge is 2.45. The number of halogens is 6. The first kappa shape index (κ1) is 63.5. The van der Waals surface area contributed by atoms with E-state index in [1.54, 1.807) is 39.9 Å². The quantitative estimate of drug-likeness (QED) is 0.0116. The van der Waals surface area contributed by atoms with E-state index in [0.29, 0.717) is 0 Å². The van der Waals surface area contributed by atoms with Gasteiger partial charge in [-0.2, -0.15) is 26.3 Å². The number of nitrogens with one attached hydrogen (secondary N) is 7. The van der Waals surface area contributed by atoms with Gasteiger partial charge in [0, 0.05) is 6.54 Å². The number of carboxylic acid groups (broad SMARTS) is 1. The highest BCUT2D eigenvalue weighted by Crippen LogP contribution is 2.20. The molecule has 7 amide bonds. The van der Waals surface area contributed by atoms with Crippen LogP contribution < -0.4 is 54.4 Å². The number of aliphatic carboxylic acids is 1. The Labute approximate surface area is 397 Å². The Morgan fingerprint density at radius 3 is 1.69 bits per heavy atom. The summed E-state index contributed by atoms with van der Waals surface area (Å²) in [6, 6.07) is -10.4. The minimum atomic E-state index is -5.61. The van der Waals surface area contributed by atoms with Crippen molar-refractivity contribution < 1.29 is 94.0 Å². The van der Waals surface area contributed by atoms with E-state index in [1.807, 2.05) is 10.6 Å². The van der Waals surface area contributed by atoms with E-state index in [1.165, 1.54) is 6.92 Å². The Kier molecular flexibility index (Phi) is 26.7. The average molecular weight is 1020 g/mol. The maximum atomic E-state index is 14.0. The zero-order valence-electron chi connectivity index (χ0n) is 39.2. The van der Waals surface area contributed by atoms with Crippen molar-refractivity contribution in [1.29, 1.82) is 0 Å². The number of esters is 2. The molecule has 0 rings (SSSR count). The van der Waals surface area contributed by atoms with E-state index < -0.39 is 152 Å². The molecule has 9 atom stereocenters. The number of amides is 7. The summed E-state index contributed by atoms with van der Waals surface area (Å²) >= 11 is 0. The predicted molar refractivity (Wildman–Crippen MR) is 230 cm³/mol. The van der Waals surface area contributed by atoms with E-state index in [-0.39, 0.29) is 44.1 Å². The molecular weight excluding hydrogens is 960 g/mol. The molecule has 0 unspecified atom stereocenters. The molecule has 70 heavy (non-hydrogen) atoms. The standard InChI is InChI=1S/C39H63F6N11O14/c1-8-18(6)26(55-29(60)20(10-9-11-49-37(47)48)53-30(61)21(12-16(2)3)54-31(62)25(46)28(59)17(4)5)33(64)56-27(19(7)70-36(68)39(43,44)45)32(63)51-13-23(57)50-14-24(58)52-22(34(65)66)15-69-35(67)38(40,41)42/h16-22,25-28,59H,8-15,46H2,1-7H3,(H,50,57)(H,51,63)(H,52,58)(H,53,61)(H,54,62)(H,55,60)(H,56,64)(H,65,66)(H4,47,48,49)/t18-,19-,20+,21-,22-,25-,26-,27-,28+/m0/s1. The van der Waals surface area contributed by atoms with Gasteiger partial charge in [0.05, 0.1) is 19.2 Å². The number of carbonyl (C=O) groups is 10. The minimum absolute atomic E-state index is 0.0178. The molecule has 31 heteroatoms. The van der Waals surface area contributed by atoms with Gasteiger partial charge >= 0.3 is 30.3 Å². The van der Waals surface area contributed by atoms with Crippen molar-refractivity contribution in [3.63, 3.8) is 0 Å². The summed E-state index contributed by atoms with van der Waals surface area (Å²) in [5, 5.41) is 34.5. The lowest BCUT2D eigenvalue weighted by molar-refractivity contribution is -0.205. The molecule has 0 bridgehead atoms.